The number of carbonyl (C=O) groups excluding carboxylic acids is 1. The molecule has 0 fully saturated rings. The number of amides is 1. The van der Waals surface area contributed by atoms with E-state index < -0.39 is 38.0 Å². The van der Waals surface area contributed by atoms with Crippen LogP contribution in [-0.2, 0) is 25.0 Å². The molecule has 0 aromatic heterocycles. The summed E-state index contributed by atoms with van der Waals surface area (Å²) in [6.45, 7) is 0.180. The van der Waals surface area contributed by atoms with Crippen molar-refractivity contribution in [2.45, 2.75) is 18.9 Å². The van der Waals surface area contributed by atoms with Crippen molar-refractivity contribution in [3.63, 3.8) is 0 Å². The van der Waals surface area contributed by atoms with Gasteiger partial charge in [-0.2, -0.15) is 0 Å². The SMILES string of the molecule is C[C@@](Cc1ccc(O)c(O)c1)(NNC(=O)OCOP(=O)(O)O)C(=O)O. The molecule has 1 aromatic rings. The van der Waals surface area contributed by atoms with E-state index in [1.807, 2.05) is 5.43 Å². The number of phenols is 2. The zero-order valence-corrected chi connectivity index (χ0v) is 13.8. The number of phosphoric ester groups is 1. The largest absolute Gasteiger partial charge is 0.504 e. The number of phenolic OH excluding ortho intramolecular Hbond substituents is 2. The van der Waals surface area contributed by atoms with Crippen molar-refractivity contribution in [2.24, 2.45) is 0 Å². The second-order valence-electron chi connectivity index (χ2n) is 5.06. The van der Waals surface area contributed by atoms with Crippen molar-refractivity contribution in [1.29, 1.82) is 0 Å². The van der Waals surface area contributed by atoms with E-state index in [2.05, 4.69) is 14.7 Å². The lowest BCUT2D eigenvalue weighted by molar-refractivity contribution is -0.144. The molecule has 0 aliphatic carbocycles. The summed E-state index contributed by atoms with van der Waals surface area (Å²) in [7, 11) is -4.81. The molecule has 0 unspecified atom stereocenters. The molecular weight excluding hydrogens is 363 g/mol. The molecular formula is C12H17N2O10P. The predicted molar refractivity (Wildman–Crippen MR) is 80.3 cm³/mol. The van der Waals surface area contributed by atoms with Gasteiger partial charge in [0.25, 0.3) is 0 Å². The second kappa shape index (κ2) is 8.14. The quantitative estimate of drug-likeness (QED) is 0.136. The monoisotopic (exact) mass is 380 g/mol. The Balaban J connectivity index is 2.66. The maximum Gasteiger partial charge on any atom is 0.472 e. The van der Waals surface area contributed by atoms with Gasteiger partial charge in [-0.15, -0.1) is 0 Å². The molecule has 0 saturated heterocycles. The Morgan fingerprint density at radius 1 is 1.24 bits per heavy atom. The van der Waals surface area contributed by atoms with Gasteiger partial charge < -0.3 is 29.8 Å². The number of aliphatic carboxylic acids is 1. The standard InChI is InChI=1S/C12H17N2O10P/c1-12(10(17)18,5-7-2-3-8(15)9(16)4-7)14-13-11(19)23-6-24-25(20,21)22/h2-4,14-16H,5-6H2,1H3,(H,13,19)(H,17,18)(H2,20,21,22)/t12-/m0/s1. The van der Waals surface area contributed by atoms with Gasteiger partial charge in [0, 0.05) is 6.42 Å². The summed E-state index contributed by atoms with van der Waals surface area (Å²) < 4.78 is 18.6. The summed E-state index contributed by atoms with van der Waals surface area (Å²) in [5.74, 6) is -2.17. The number of rotatable bonds is 8. The number of carboxylic acid groups (broad SMARTS) is 1. The summed E-state index contributed by atoms with van der Waals surface area (Å²) in [5, 5.41) is 28.0. The minimum Gasteiger partial charge on any atom is -0.504 e. The summed E-state index contributed by atoms with van der Waals surface area (Å²) in [6.07, 6.45) is -1.44. The van der Waals surface area contributed by atoms with E-state index in [1.165, 1.54) is 19.1 Å². The first-order valence-corrected chi connectivity index (χ1v) is 8.10. The fourth-order valence-electron chi connectivity index (χ4n) is 1.63. The molecule has 0 spiro atoms. The highest BCUT2D eigenvalue weighted by molar-refractivity contribution is 7.46. The fraction of sp³-hybridized carbons (Fsp3) is 0.333. The van der Waals surface area contributed by atoms with Gasteiger partial charge in [0.05, 0.1) is 0 Å². The molecule has 12 nitrogen and oxygen atoms in total. The Morgan fingerprint density at radius 2 is 1.88 bits per heavy atom. The third-order valence-electron chi connectivity index (χ3n) is 2.92. The van der Waals surface area contributed by atoms with Crippen LogP contribution in [0.25, 0.3) is 0 Å². The van der Waals surface area contributed by atoms with Crippen molar-refractivity contribution >= 4 is 19.9 Å². The number of ether oxygens (including phenoxy) is 1. The van der Waals surface area contributed by atoms with E-state index in [0.717, 1.165) is 6.07 Å². The average molecular weight is 380 g/mol. The van der Waals surface area contributed by atoms with Crippen LogP contribution in [0.1, 0.15) is 12.5 Å². The minimum atomic E-state index is -4.81. The van der Waals surface area contributed by atoms with Gasteiger partial charge >= 0.3 is 19.9 Å². The first-order chi connectivity index (χ1) is 11.4. The Hall–Kier alpha value is -2.37. The molecule has 1 rings (SSSR count). The van der Waals surface area contributed by atoms with Crippen LogP contribution in [0.5, 0.6) is 11.5 Å². The van der Waals surface area contributed by atoms with Crippen molar-refractivity contribution < 1.29 is 48.5 Å². The zero-order chi connectivity index (χ0) is 19.3. The molecule has 0 saturated carbocycles. The number of hydrogen-bond donors (Lipinski definition) is 7. The fourth-order valence-corrected chi connectivity index (χ4v) is 1.82. The number of hydrogen-bond acceptors (Lipinski definition) is 8. The molecule has 25 heavy (non-hydrogen) atoms. The van der Waals surface area contributed by atoms with Crippen molar-refractivity contribution in [3.8, 4) is 11.5 Å². The van der Waals surface area contributed by atoms with Crippen LogP contribution in [0.2, 0.25) is 0 Å². The van der Waals surface area contributed by atoms with Crippen LogP contribution >= 0.6 is 7.82 Å². The number of aromatic hydroxyl groups is 2. The van der Waals surface area contributed by atoms with Gasteiger partial charge in [0.1, 0.15) is 5.54 Å². The molecule has 13 heteroatoms. The first kappa shape index (κ1) is 20.7. The molecule has 1 atom stereocenters. The highest BCUT2D eigenvalue weighted by Crippen LogP contribution is 2.35. The molecule has 0 radical (unpaired) electrons. The number of phosphoric acid groups is 1. The average Bonchev–Trinajstić information content (AvgIpc) is 2.47. The van der Waals surface area contributed by atoms with Crippen LogP contribution < -0.4 is 10.9 Å². The summed E-state index contributed by atoms with van der Waals surface area (Å²) in [4.78, 5) is 39.6. The van der Waals surface area contributed by atoms with Crippen LogP contribution in [0.15, 0.2) is 18.2 Å². The second-order valence-corrected chi connectivity index (χ2v) is 6.30. The molecule has 0 bridgehead atoms. The molecule has 0 aliphatic rings. The van der Waals surface area contributed by atoms with E-state index in [1.54, 1.807) is 0 Å². The third-order valence-corrected chi connectivity index (χ3v) is 3.36. The number of carboxylic acids is 1. The molecule has 1 amide bonds. The number of hydrazine groups is 1. The van der Waals surface area contributed by atoms with Gasteiger partial charge in [-0.25, -0.2) is 19.3 Å². The third kappa shape index (κ3) is 6.95. The first-order valence-electron chi connectivity index (χ1n) is 6.57. The lowest BCUT2D eigenvalue weighted by atomic mass is 9.93. The lowest BCUT2D eigenvalue weighted by Gasteiger charge is -2.26. The molecule has 7 N–H and O–H groups in total. The molecule has 0 heterocycles. The highest BCUT2D eigenvalue weighted by Gasteiger charge is 2.34. The summed E-state index contributed by atoms with van der Waals surface area (Å²) >= 11 is 0. The van der Waals surface area contributed by atoms with Gasteiger partial charge in [0.2, 0.25) is 6.79 Å². The van der Waals surface area contributed by atoms with Gasteiger partial charge in [0.15, 0.2) is 11.5 Å². The van der Waals surface area contributed by atoms with Gasteiger partial charge in [-0.1, -0.05) is 6.07 Å². The molecule has 1 aromatic carbocycles. The Bertz CT molecular complexity index is 690. The molecule has 140 valence electrons. The maximum atomic E-state index is 11.4. The van der Waals surface area contributed by atoms with Crippen LogP contribution in [0, 0.1) is 0 Å². The normalized spacial score (nSPS) is 13.7. The number of nitrogens with one attached hydrogen (secondary N) is 2. The Kier molecular flexibility index (Phi) is 6.73. The minimum absolute atomic E-state index is 0.199. The summed E-state index contributed by atoms with van der Waals surface area (Å²) in [5.41, 5.74) is 2.72. The van der Waals surface area contributed by atoms with E-state index in [9.17, 15) is 29.5 Å². The highest BCUT2D eigenvalue weighted by atomic mass is 31.2. The van der Waals surface area contributed by atoms with Crippen LogP contribution in [-0.4, -0.2) is 49.5 Å². The van der Waals surface area contributed by atoms with Crippen molar-refractivity contribution in [3.05, 3.63) is 23.8 Å². The number of carbonyl (C=O) groups is 2. The van der Waals surface area contributed by atoms with Crippen LogP contribution in [0.3, 0.4) is 0 Å². The lowest BCUT2D eigenvalue weighted by Crippen LogP contribution is -2.58. The summed E-state index contributed by atoms with van der Waals surface area (Å²) in [6, 6.07) is 3.71. The van der Waals surface area contributed by atoms with Crippen molar-refractivity contribution in [2.75, 3.05) is 6.79 Å². The van der Waals surface area contributed by atoms with Gasteiger partial charge in [-0.3, -0.25) is 10.2 Å². The smallest absolute Gasteiger partial charge is 0.472 e. The van der Waals surface area contributed by atoms with Gasteiger partial charge in [-0.05, 0) is 24.6 Å². The topological polar surface area (TPSA) is 195 Å². The number of benzene rings is 1. The van der Waals surface area contributed by atoms with Crippen LogP contribution in [0.4, 0.5) is 4.79 Å². The Morgan fingerprint density at radius 3 is 2.40 bits per heavy atom. The van der Waals surface area contributed by atoms with Crippen molar-refractivity contribution in [1.82, 2.24) is 10.9 Å². The zero-order valence-electron chi connectivity index (χ0n) is 12.9. The predicted octanol–water partition coefficient (Wildman–Crippen LogP) is -0.219. The Labute approximate surface area is 141 Å². The van der Waals surface area contributed by atoms with E-state index in [4.69, 9.17) is 9.79 Å². The van der Waals surface area contributed by atoms with E-state index >= 15 is 0 Å². The van der Waals surface area contributed by atoms with E-state index in [0.29, 0.717) is 5.56 Å². The van der Waals surface area contributed by atoms with E-state index in [-0.39, 0.29) is 12.2 Å². The molecule has 0 aliphatic heterocycles. The maximum absolute atomic E-state index is 11.4.